The van der Waals surface area contributed by atoms with Crippen molar-refractivity contribution in [1.29, 1.82) is 0 Å². The zero-order chi connectivity index (χ0) is 9.26. The second-order valence-electron chi connectivity index (χ2n) is 3.35. The zero-order valence-electron chi connectivity index (χ0n) is 7.16. The van der Waals surface area contributed by atoms with Crippen LogP contribution in [0.4, 0.5) is 0 Å². The number of rotatable bonds is 3. The number of hydrogen-bond donors (Lipinski definition) is 0. The van der Waals surface area contributed by atoms with Crippen LogP contribution in [0, 0.1) is 5.92 Å². The molecule has 13 heavy (non-hydrogen) atoms. The summed E-state index contributed by atoms with van der Waals surface area (Å²) in [5, 5.41) is 0. The molecule has 0 bridgehead atoms. The standard InChI is InChI=1S/C10H10O3/c11-5-9-4-8(6-13-9)10(12)7-2-1-3-7/h4-7H,1-3H2. The van der Waals surface area contributed by atoms with Gasteiger partial charge in [0.1, 0.15) is 6.26 Å². The maximum Gasteiger partial charge on any atom is 0.185 e. The highest BCUT2D eigenvalue weighted by Gasteiger charge is 2.27. The molecule has 1 saturated carbocycles. The molecule has 0 radical (unpaired) electrons. The van der Waals surface area contributed by atoms with Gasteiger partial charge < -0.3 is 4.42 Å². The Bertz CT molecular complexity index is 334. The molecule has 3 nitrogen and oxygen atoms in total. The molecule has 0 aliphatic heterocycles. The van der Waals surface area contributed by atoms with Gasteiger partial charge in [-0.05, 0) is 18.9 Å². The maximum atomic E-state index is 11.6. The second kappa shape index (κ2) is 3.17. The van der Waals surface area contributed by atoms with Gasteiger partial charge in [0.2, 0.25) is 0 Å². The quantitative estimate of drug-likeness (QED) is 0.525. The molecule has 0 aromatic carbocycles. The summed E-state index contributed by atoms with van der Waals surface area (Å²) in [4.78, 5) is 21.9. The molecular weight excluding hydrogens is 168 g/mol. The Morgan fingerprint density at radius 2 is 2.31 bits per heavy atom. The fourth-order valence-electron chi connectivity index (χ4n) is 1.45. The van der Waals surface area contributed by atoms with Crippen molar-refractivity contribution in [1.82, 2.24) is 0 Å². The van der Waals surface area contributed by atoms with Crippen LogP contribution >= 0.6 is 0 Å². The summed E-state index contributed by atoms with van der Waals surface area (Å²) in [5.74, 6) is 0.503. The molecule has 3 heteroatoms. The van der Waals surface area contributed by atoms with E-state index in [4.69, 9.17) is 4.42 Å². The summed E-state index contributed by atoms with van der Waals surface area (Å²) in [6.45, 7) is 0. The van der Waals surface area contributed by atoms with E-state index in [-0.39, 0.29) is 17.5 Å². The lowest BCUT2D eigenvalue weighted by Gasteiger charge is -2.22. The number of carbonyl (C=O) groups is 2. The van der Waals surface area contributed by atoms with E-state index in [9.17, 15) is 9.59 Å². The highest BCUT2D eigenvalue weighted by molar-refractivity contribution is 5.99. The highest BCUT2D eigenvalue weighted by Crippen LogP contribution is 2.30. The number of aldehydes is 1. The minimum atomic E-state index is 0.114. The molecule has 0 saturated heterocycles. The van der Waals surface area contributed by atoms with Gasteiger partial charge in [0.05, 0.1) is 5.56 Å². The smallest absolute Gasteiger partial charge is 0.185 e. The third-order valence-corrected chi connectivity index (χ3v) is 2.50. The van der Waals surface area contributed by atoms with Crippen molar-refractivity contribution in [2.75, 3.05) is 0 Å². The summed E-state index contributed by atoms with van der Waals surface area (Å²) in [7, 11) is 0. The van der Waals surface area contributed by atoms with Crippen molar-refractivity contribution in [3.05, 3.63) is 23.7 Å². The third kappa shape index (κ3) is 1.41. The molecule has 1 aromatic heterocycles. The van der Waals surface area contributed by atoms with Crippen LogP contribution in [-0.2, 0) is 0 Å². The van der Waals surface area contributed by atoms with Crippen LogP contribution in [0.5, 0.6) is 0 Å². The number of carbonyl (C=O) groups excluding carboxylic acids is 2. The number of Topliss-reactive ketones (excluding diaryl/α,β-unsaturated/α-hetero) is 1. The van der Waals surface area contributed by atoms with E-state index in [0.717, 1.165) is 19.3 Å². The zero-order valence-corrected chi connectivity index (χ0v) is 7.16. The van der Waals surface area contributed by atoms with Crippen molar-refractivity contribution in [2.24, 2.45) is 5.92 Å². The van der Waals surface area contributed by atoms with Gasteiger partial charge in [-0.15, -0.1) is 0 Å². The van der Waals surface area contributed by atoms with Crippen molar-refractivity contribution < 1.29 is 14.0 Å². The molecule has 1 heterocycles. The molecule has 68 valence electrons. The van der Waals surface area contributed by atoms with Crippen LogP contribution in [0.15, 0.2) is 16.7 Å². The number of hydrogen-bond acceptors (Lipinski definition) is 3. The lowest BCUT2D eigenvalue weighted by atomic mass is 9.80. The predicted octanol–water partition coefficient (Wildman–Crippen LogP) is 2.07. The average molecular weight is 178 g/mol. The van der Waals surface area contributed by atoms with E-state index < -0.39 is 0 Å². The summed E-state index contributed by atoms with van der Waals surface area (Å²) in [5.41, 5.74) is 0.534. The Labute approximate surface area is 75.7 Å². The topological polar surface area (TPSA) is 47.3 Å². The SMILES string of the molecule is O=Cc1cc(C(=O)C2CCC2)co1. The Balaban J connectivity index is 2.14. The predicted molar refractivity (Wildman–Crippen MR) is 45.8 cm³/mol. The fraction of sp³-hybridized carbons (Fsp3) is 0.400. The van der Waals surface area contributed by atoms with E-state index in [1.165, 1.54) is 12.3 Å². The minimum Gasteiger partial charge on any atom is -0.461 e. The average Bonchev–Trinajstić information content (AvgIpc) is 2.48. The number of furan rings is 1. The first kappa shape index (κ1) is 8.23. The van der Waals surface area contributed by atoms with E-state index in [0.29, 0.717) is 11.8 Å². The Morgan fingerprint density at radius 1 is 1.54 bits per heavy atom. The maximum absolute atomic E-state index is 11.6. The molecule has 0 amide bonds. The van der Waals surface area contributed by atoms with Crippen molar-refractivity contribution in [3.8, 4) is 0 Å². The van der Waals surface area contributed by atoms with Crippen LogP contribution in [-0.4, -0.2) is 12.1 Å². The molecule has 2 rings (SSSR count). The highest BCUT2D eigenvalue weighted by atomic mass is 16.3. The van der Waals surface area contributed by atoms with Crippen LogP contribution in [0.3, 0.4) is 0 Å². The molecule has 1 aliphatic rings. The normalized spacial score (nSPS) is 16.6. The number of ketones is 1. The molecule has 1 aliphatic carbocycles. The van der Waals surface area contributed by atoms with Gasteiger partial charge >= 0.3 is 0 Å². The van der Waals surface area contributed by atoms with Gasteiger partial charge in [-0.25, -0.2) is 0 Å². The van der Waals surface area contributed by atoms with Crippen LogP contribution < -0.4 is 0 Å². The molecular formula is C10H10O3. The molecule has 0 unspecified atom stereocenters. The Hall–Kier alpha value is -1.38. The lowest BCUT2D eigenvalue weighted by molar-refractivity contribution is 0.0854. The monoisotopic (exact) mass is 178 g/mol. The Morgan fingerprint density at radius 3 is 2.77 bits per heavy atom. The van der Waals surface area contributed by atoms with Gasteiger partial charge in [0.25, 0.3) is 0 Å². The first-order valence-electron chi connectivity index (χ1n) is 4.39. The van der Waals surface area contributed by atoms with E-state index >= 15 is 0 Å². The Kier molecular flexibility index (Phi) is 2.00. The fourth-order valence-corrected chi connectivity index (χ4v) is 1.45. The van der Waals surface area contributed by atoms with Crippen molar-refractivity contribution >= 4 is 12.1 Å². The van der Waals surface area contributed by atoms with E-state index in [2.05, 4.69) is 0 Å². The second-order valence-corrected chi connectivity index (χ2v) is 3.35. The minimum absolute atomic E-state index is 0.114. The van der Waals surface area contributed by atoms with Gasteiger partial charge in [0.15, 0.2) is 17.8 Å². The van der Waals surface area contributed by atoms with Gasteiger partial charge in [-0.2, -0.15) is 0 Å². The van der Waals surface area contributed by atoms with Crippen LogP contribution in [0.25, 0.3) is 0 Å². The summed E-state index contributed by atoms with van der Waals surface area (Å²) >= 11 is 0. The van der Waals surface area contributed by atoms with Gasteiger partial charge in [-0.3, -0.25) is 9.59 Å². The molecule has 1 aromatic rings. The summed E-state index contributed by atoms with van der Waals surface area (Å²) < 4.78 is 4.86. The summed E-state index contributed by atoms with van der Waals surface area (Å²) in [6.07, 6.45) is 5.05. The largest absolute Gasteiger partial charge is 0.461 e. The first-order chi connectivity index (χ1) is 6.31. The summed E-state index contributed by atoms with van der Waals surface area (Å²) in [6, 6.07) is 1.51. The van der Waals surface area contributed by atoms with E-state index in [1.807, 2.05) is 0 Å². The van der Waals surface area contributed by atoms with E-state index in [1.54, 1.807) is 0 Å². The van der Waals surface area contributed by atoms with Crippen molar-refractivity contribution in [3.63, 3.8) is 0 Å². The first-order valence-corrected chi connectivity index (χ1v) is 4.39. The van der Waals surface area contributed by atoms with Crippen molar-refractivity contribution in [2.45, 2.75) is 19.3 Å². The molecule has 0 N–H and O–H groups in total. The molecule has 0 spiro atoms. The third-order valence-electron chi connectivity index (χ3n) is 2.50. The van der Waals surface area contributed by atoms with Gasteiger partial charge in [-0.1, -0.05) is 6.42 Å². The van der Waals surface area contributed by atoms with Crippen LogP contribution in [0.2, 0.25) is 0 Å². The molecule has 0 atom stereocenters. The molecule has 1 fully saturated rings. The lowest BCUT2D eigenvalue weighted by Crippen LogP contribution is -2.21. The van der Waals surface area contributed by atoms with Gasteiger partial charge in [0, 0.05) is 5.92 Å². The van der Waals surface area contributed by atoms with Crippen LogP contribution in [0.1, 0.15) is 40.2 Å².